The van der Waals surface area contributed by atoms with Crippen LogP contribution in [-0.2, 0) is 0 Å². The van der Waals surface area contributed by atoms with Crippen LogP contribution in [-0.4, -0.2) is 21.1 Å². The van der Waals surface area contributed by atoms with Crippen LogP contribution in [0.2, 0.25) is 10.2 Å². The lowest BCUT2D eigenvalue weighted by Gasteiger charge is -1.98. The van der Waals surface area contributed by atoms with Crippen LogP contribution in [0.3, 0.4) is 0 Å². The van der Waals surface area contributed by atoms with E-state index in [4.69, 9.17) is 23.2 Å². The van der Waals surface area contributed by atoms with Crippen molar-refractivity contribution in [2.45, 2.75) is 0 Å². The van der Waals surface area contributed by atoms with Gasteiger partial charge in [0.25, 0.3) is 5.91 Å². The quantitative estimate of drug-likeness (QED) is 0.759. The molecule has 0 aliphatic heterocycles. The Morgan fingerprint density at radius 2 is 2.27 bits per heavy atom. The van der Waals surface area contributed by atoms with Crippen molar-refractivity contribution in [2.75, 3.05) is 5.32 Å². The van der Waals surface area contributed by atoms with Crippen LogP contribution in [0, 0.1) is 0 Å². The molecule has 0 aromatic carbocycles. The molecule has 0 saturated carbocycles. The summed E-state index contributed by atoms with van der Waals surface area (Å²) >= 11 is 11.4. The fourth-order valence-electron chi connectivity index (χ4n) is 1.04. The van der Waals surface area contributed by atoms with E-state index in [-0.39, 0.29) is 11.1 Å². The van der Waals surface area contributed by atoms with E-state index in [1.807, 2.05) is 0 Å². The minimum atomic E-state index is -0.340. The maximum atomic E-state index is 11.6. The zero-order valence-electron chi connectivity index (χ0n) is 7.34. The SMILES string of the molecule is O=C(Nc1ccn[nH]1)c1cc(Cl)c(Cl)[nH]1. The summed E-state index contributed by atoms with van der Waals surface area (Å²) in [6, 6.07) is 3.08. The predicted molar refractivity (Wildman–Crippen MR) is 57.4 cm³/mol. The van der Waals surface area contributed by atoms with Crippen LogP contribution in [0.1, 0.15) is 10.5 Å². The second-order valence-electron chi connectivity index (χ2n) is 2.77. The van der Waals surface area contributed by atoms with Gasteiger partial charge in [-0.25, -0.2) is 0 Å². The lowest BCUT2D eigenvalue weighted by atomic mass is 10.4. The van der Waals surface area contributed by atoms with E-state index in [0.29, 0.717) is 16.5 Å². The normalized spacial score (nSPS) is 10.3. The first-order valence-corrected chi connectivity index (χ1v) is 4.77. The van der Waals surface area contributed by atoms with Crippen LogP contribution < -0.4 is 5.32 Å². The van der Waals surface area contributed by atoms with Gasteiger partial charge in [0, 0.05) is 6.07 Å². The van der Waals surface area contributed by atoms with Crippen LogP contribution in [0.5, 0.6) is 0 Å². The van der Waals surface area contributed by atoms with Crippen LogP contribution in [0.15, 0.2) is 18.3 Å². The molecule has 0 aliphatic carbocycles. The topological polar surface area (TPSA) is 73.6 Å². The molecule has 2 aromatic rings. The molecule has 3 N–H and O–H groups in total. The first kappa shape index (κ1) is 10.1. The molecule has 7 heteroatoms. The molecular formula is C8H6Cl2N4O. The highest BCUT2D eigenvalue weighted by Crippen LogP contribution is 2.22. The number of nitrogens with one attached hydrogen (secondary N) is 3. The smallest absolute Gasteiger partial charge is 0.273 e. The van der Waals surface area contributed by atoms with Crippen molar-refractivity contribution in [3.8, 4) is 0 Å². The lowest BCUT2D eigenvalue weighted by Crippen LogP contribution is -2.12. The molecule has 78 valence electrons. The lowest BCUT2D eigenvalue weighted by molar-refractivity contribution is 0.102. The van der Waals surface area contributed by atoms with Crippen LogP contribution >= 0.6 is 23.2 Å². The van der Waals surface area contributed by atoms with Crippen molar-refractivity contribution in [1.82, 2.24) is 15.2 Å². The van der Waals surface area contributed by atoms with Crippen molar-refractivity contribution in [3.63, 3.8) is 0 Å². The summed E-state index contributed by atoms with van der Waals surface area (Å²) in [5.41, 5.74) is 0.291. The average molecular weight is 245 g/mol. The molecule has 15 heavy (non-hydrogen) atoms. The van der Waals surface area contributed by atoms with Gasteiger partial charge in [0.1, 0.15) is 16.7 Å². The minimum Gasteiger partial charge on any atom is -0.340 e. The Bertz CT molecular complexity index is 457. The maximum absolute atomic E-state index is 11.6. The number of nitrogens with zero attached hydrogens (tertiary/aromatic N) is 1. The van der Waals surface area contributed by atoms with Gasteiger partial charge in [-0.2, -0.15) is 5.10 Å². The number of aromatic nitrogens is 3. The van der Waals surface area contributed by atoms with Crippen molar-refractivity contribution >= 4 is 34.9 Å². The number of carbonyl (C=O) groups excluding carboxylic acids is 1. The Kier molecular flexibility index (Phi) is 2.66. The molecule has 2 heterocycles. The van der Waals surface area contributed by atoms with E-state index < -0.39 is 0 Å². The van der Waals surface area contributed by atoms with Crippen molar-refractivity contribution in [1.29, 1.82) is 0 Å². The monoisotopic (exact) mass is 244 g/mol. The number of amides is 1. The summed E-state index contributed by atoms with van der Waals surface area (Å²) in [6.45, 7) is 0. The Morgan fingerprint density at radius 1 is 1.47 bits per heavy atom. The number of carbonyl (C=O) groups is 1. The third kappa shape index (κ3) is 2.14. The molecule has 1 amide bonds. The largest absolute Gasteiger partial charge is 0.340 e. The highest BCUT2D eigenvalue weighted by atomic mass is 35.5. The standard InChI is InChI=1S/C8H6Cl2N4O/c9-4-3-5(12-7(4)10)8(15)13-6-1-2-11-14-6/h1-3,12H,(H2,11,13,14,15). The van der Waals surface area contributed by atoms with Gasteiger partial charge in [-0.15, -0.1) is 0 Å². The van der Waals surface area contributed by atoms with Gasteiger partial charge < -0.3 is 10.3 Å². The van der Waals surface area contributed by atoms with Gasteiger partial charge in [0.05, 0.1) is 11.2 Å². The number of rotatable bonds is 2. The van der Waals surface area contributed by atoms with E-state index in [1.54, 1.807) is 6.07 Å². The molecule has 5 nitrogen and oxygen atoms in total. The molecule has 0 spiro atoms. The zero-order chi connectivity index (χ0) is 10.8. The number of anilines is 1. The van der Waals surface area contributed by atoms with E-state index in [0.717, 1.165) is 0 Å². The summed E-state index contributed by atoms with van der Waals surface area (Å²) in [5.74, 6) is 0.162. The van der Waals surface area contributed by atoms with Gasteiger partial charge >= 0.3 is 0 Å². The van der Waals surface area contributed by atoms with Gasteiger partial charge in [0.2, 0.25) is 0 Å². The van der Waals surface area contributed by atoms with Gasteiger partial charge in [-0.1, -0.05) is 23.2 Å². The second kappa shape index (κ2) is 3.96. The van der Waals surface area contributed by atoms with E-state index in [9.17, 15) is 4.79 Å². The summed E-state index contributed by atoms with van der Waals surface area (Å²) in [5, 5.41) is 9.41. The Morgan fingerprint density at radius 3 is 2.80 bits per heavy atom. The van der Waals surface area contributed by atoms with Gasteiger partial charge in [0.15, 0.2) is 0 Å². The van der Waals surface area contributed by atoms with Crippen molar-refractivity contribution < 1.29 is 4.79 Å². The number of hydrogen-bond donors (Lipinski definition) is 3. The predicted octanol–water partition coefficient (Wildman–Crippen LogP) is 2.30. The number of H-pyrrole nitrogens is 2. The zero-order valence-corrected chi connectivity index (χ0v) is 8.86. The minimum absolute atomic E-state index is 0.242. The molecule has 0 unspecified atom stereocenters. The van der Waals surface area contributed by atoms with E-state index in [2.05, 4.69) is 20.5 Å². The Labute approximate surface area is 94.8 Å². The average Bonchev–Trinajstić information content (AvgIpc) is 2.78. The summed E-state index contributed by atoms with van der Waals surface area (Å²) in [6.07, 6.45) is 1.53. The summed E-state index contributed by atoms with van der Waals surface area (Å²) < 4.78 is 0. The van der Waals surface area contributed by atoms with Crippen LogP contribution in [0.25, 0.3) is 0 Å². The number of hydrogen-bond acceptors (Lipinski definition) is 2. The van der Waals surface area contributed by atoms with E-state index in [1.165, 1.54) is 12.3 Å². The number of halogens is 2. The highest BCUT2D eigenvalue weighted by Gasteiger charge is 2.11. The third-order valence-corrected chi connectivity index (χ3v) is 2.41. The molecule has 0 fully saturated rings. The van der Waals surface area contributed by atoms with E-state index >= 15 is 0 Å². The summed E-state index contributed by atoms with van der Waals surface area (Å²) in [7, 11) is 0. The number of aromatic amines is 2. The Hall–Kier alpha value is -1.46. The fraction of sp³-hybridized carbons (Fsp3) is 0. The first-order chi connectivity index (χ1) is 7.16. The van der Waals surface area contributed by atoms with Gasteiger partial charge in [-0.3, -0.25) is 9.89 Å². The molecule has 2 aromatic heterocycles. The molecule has 2 rings (SSSR count). The van der Waals surface area contributed by atoms with Gasteiger partial charge in [-0.05, 0) is 6.07 Å². The maximum Gasteiger partial charge on any atom is 0.273 e. The first-order valence-electron chi connectivity index (χ1n) is 4.01. The fourth-order valence-corrected chi connectivity index (χ4v) is 1.35. The molecule has 0 radical (unpaired) electrons. The molecule has 0 atom stereocenters. The van der Waals surface area contributed by atoms with Crippen molar-refractivity contribution in [2.24, 2.45) is 0 Å². The molecule has 0 saturated heterocycles. The second-order valence-corrected chi connectivity index (χ2v) is 3.55. The van der Waals surface area contributed by atoms with Crippen molar-refractivity contribution in [3.05, 3.63) is 34.2 Å². The molecule has 0 bridgehead atoms. The Balaban J connectivity index is 2.15. The van der Waals surface area contributed by atoms with Crippen LogP contribution in [0.4, 0.5) is 5.82 Å². The molecular weight excluding hydrogens is 239 g/mol. The third-order valence-electron chi connectivity index (χ3n) is 1.72. The highest BCUT2D eigenvalue weighted by molar-refractivity contribution is 6.41. The molecule has 0 aliphatic rings. The summed E-state index contributed by atoms with van der Waals surface area (Å²) in [4.78, 5) is 14.2.